The van der Waals surface area contributed by atoms with E-state index in [0.29, 0.717) is 10.8 Å². The number of hydrogen-bond donors (Lipinski definition) is 1. The second-order valence-electron chi connectivity index (χ2n) is 7.36. The summed E-state index contributed by atoms with van der Waals surface area (Å²) in [5, 5.41) is 12.3. The molecule has 1 N–H and O–H groups in total. The number of fused-ring (bicyclic) bond motifs is 3. The Kier molecular flexibility index (Phi) is 5.38. The van der Waals surface area contributed by atoms with Crippen molar-refractivity contribution in [1.82, 2.24) is 14.6 Å². The highest BCUT2D eigenvalue weighted by atomic mass is 32.2. The van der Waals surface area contributed by atoms with Gasteiger partial charge in [0.1, 0.15) is 0 Å². The van der Waals surface area contributed by atoms with Gasteiger partial charge in [0.15, 0.2) is 10.8 Å². The number of amides is 1. The molecule has 4 aromatic rings. The first-order valence-electron chi connectivity index (χ1n) is 9.49. The third-order valence-corrected chi connectivity index (χ3v) is 5.87. The maximum atomic E-state index is 13.2. The summed E-state index contributed by atoms with van der Waals surface area (Å²) < 4.78 is 41.3. The van der Waals surface area contributed by atoms with E-state index in [1.807, 2.05) is 31.2 Å². The third-order valence-electron chi connectivity index (χ3n) is 4.94. The Morgan fingerprint density at radius 1 is 1.06 bits per heavy atom. The number of pyridine rings is 1. The molecule has 0 unspecified atom stereocenters. The zero-order chi connectivity index (χ0) is 22.3. The highest BCUT2D eigenvalue weighted by Gasteiger charge is 2.33. The highest BCUT2D eigenvalue weighted by molar-refractivity contribution is 7.99. The quantitative estimate of drug-likeness (QED) is 0.419. The number of aromatic nitrogens is 3. The number of rotatable bonds is 4. The lowest BCUT2D eigenvalue weighted by Gasteiger charge is -2.13. The van der Waals surface area contributed by atoms with Crippen LogP contribution in [-0.2, 0) is 11.0 Å². The molecule has 160 valence electrons. The zero-order valence-electron chi connectivity index (χ0n) is 17.0. The van der Waals surface area contributed by atoms with E-state index >= 15 is 0 Å². The molecule has 1 amide bonds. The number of halogens is 3. The molecule has 0 saturated heterocycles. The van der Waals surface area contributed by atoms with Crippen molar-refractivity contribution >= 4 is 39.9 Å². The summed E-state index contributed by atoms with van der Waals surface area (Å²) in [6.45, 7) is 6.04. The zero-order valence-corrected chi connectivity index (χ0v) is 17.9. The monoisotopic (exact) mass is 444 g/mol. The highest BCUT2D eigenvalue weighted by Crippen LogP contribution is 2.35. The number of nitrogens with one attached hydrogen (secondary N) is 1. The van der Waals surface area contributed by atoms with Gasteiger partial charge in [-0.15, -0.1) is 10.2 Å². The first kappa shape index (κ1) is 21.2. The van der Waals surface area contributed by atoms with Crippen LogP contribution in [0.15, 0.2) is 47.6 Å². The van der Waals surface area contributed by atoms with Crippen molar-refractivity contribution < 1.29 is 18.0 Å². The average Bonchev–Trinajstić information content (AvgIpc) is 3.08. The molecule has 0 aliphatic carbocycles. The van der Waals surface area contributed by atoms with Crippen molar-refractivity contribution in [2.75, 3.05) is 11.1 Å². The standard InChI is InChI=1S/C22H19F3N4OS/c1-12-8-14(3)20-15(9-12)13(2)10-18-27-28-21(29(18)20)31-11-19(30)26-17-7-5-4-6-16(17)22(23,24)25/h4-10H,11H2,1-3H3,(H,26,30). The summed E-state index contributed by atoms with van der Waals surface area (Å²) in [6, 6.07) is 11.0. The first-order valence-corrected chi connectivity index (χ1v) is 10.5. The Morgan fingerprint density at radius 3 is 2.55 bits per heavy atom. The molecule has 0 atom stereocenters. The number of benzene rings is 2. The van der Waals surface area contributed by atoms with Crippen LogP contribution in [0.5, 0.6) is 0 Å². The lowest BCUT2D eigenvalue weighted by molar-refractivity contribution is -0.137. The van der Waals surface area contributed by atoms with Crippen LogP contribution in [0.25, 0.3) is 16.6 Å². The van der Waals surface area contributed by atoms with Crippen LogP contribution >= 0.6 is 11.8 Å². The molecule has 2 aromatic heterocycles. The number of anilines is 1. The van der Waals surface area contributed by atoms with E-state index in [2.05, 4.69) is 27.6 Å². The summed E-state index contributed by atoms with van der Waals surface area (Å²) in [7, 11) is 0. The van der Waals surface area contributed by atoms with Crippen LogP contribution < -0.4 is 5.32 Å². The maximum Gasteiger partial charge on any atom is 0.418 e. The van der Waals surface area contributed by atoms with Crippen molar-refractivity contribution in [1.29, 1.82) is 0 Å². The Hall–Kier alpha value is -3.07. The first-order chi connectivity index (χ1) is 14.6. The molecule has 9 heteroatoms. The van der Waals surface area contributed by atoms with Gasteiger partial charge in [-0.2, -0.15) is 13.2 Å². The van der Waals surface area contributed by atoms with Crippen molar-refractivity contribution in [3.63, 3.8) is 0 Å². The van der Waals surface area contributed by atoms with Crippen LogP contribution in [0.1, 0.15) is 22.3 Å². The SMILES string of the molecule is Cc1cc(C)c2c(c1)c(C)cc1nnc(SCC(=O)Nc3ccccc3C(F)(F)F)n12. The van der Waals surface area contributed by atoms with E-state index in [1.165, 1.54) is 18.2 Å². The minimum atomic E-state index is -4.55. The van der Waals surface area contributed by atoms with Gasteiger partial charge in [-0.05, 0) is 56.2 Å². The molecule has 0 fully saturated rings. The third kappa shape index (κ3) is 4.10. The van der Waals surface area contributed by atoms with Gasteiger partial charge in [-0.3, -0.25) is 9.20 Å². The Balaban J connectivity index is 1.62. The fourth-order valence-electron chi connectivity index (χ4n) is 3.66. The van der Waals surface area contributed by atoms with Gasteiger partial charge in [0, 0.05) is 5.39 Å². The minimum absolute atomic E-state index is 0.104. The largest absolute Gasteiger partial charge is 0.418 e. The van der Waals surface area contributed by atoms with Crippen LogP contribution in [0.2, 0.25) is 0 Å². The molecule has 31 heavy (non-hydrogen) atoms. The van der Waals surface area contributed by atoms with Crippen molar-refractivity contribution in [2.45, 2.75) is 32.1 Å². The van der Waals surface area contributed by atoms with Crippen LogP contribution in [0, 0.1) is 20.8 Å². The number of nitrogens with zero attached hydrogens (tertiary/aromatic N) is 3. The number of hydrogen-bond acceptors (Lipinski definition) is 4. The number of aryl methyl sites for hydroxylation is 3. The fourth-order valence-corrected chi connectivity index (χ4v) is 4.41. The van der Waals surface area contributed by atoms with E-state index in [0.717, 1.165) is 45.4 Å². The average molecular weight is 444 g/mol. The van der Waals surface area contributed by atoms with Gasteiger partial charge in [-0.1, -0.05) is 35.5 Å². The minimum Gasteiger partial charge on any atom is -0.325 e. The second-order valence-corrected chi connectivity index (χ2v) is 8.30. The molecule has 2 aromatic carbocycles. The lowest BCUT2D eigenvalue weighted by atomic mass is 10.0. The predicted octanol–water partition coefficient (Wildman–Crippen LogP) is 5.56. The molecule has 0 radical (unpaired) electrons. The van der Waals surface area contributed by atoms with Gasteiger partial charge in [0.2, 0.25) is 5.91 Å². The molecule has 0 aliphatic rings. The number of carbonyl (C=O) groups is 1. The van der Waals surface area contributed by atoms with Gasteiger partial charge in [-0.25, -0.2) is 0 Å². The molecular weight excluding hydrogens is 425 g/mol. The molecule has 4 rings (SSSR count). The molecule has 0 spiro atoms. The normalized spacial score (nSPS) is 11.9. The fraction of sp³-hybridized carbons (Fsp3) is 0.227. The van der Waals surface area contributed by atoms with Crippen molar-refractivity contribution in [3.8, 4) is 0 Å². The van der Waals surface area contributed by atoms with Crippen molar-refractivity contribution in [3.05, 3.63) is 64.7 Å². The molecule has 0 aliphatic heterocycles. The molecule has 0 bridgehead atoms. The van der Waals surface area contributed by atoms with Gasteiger partial charge in [0.25, 0.3) is 0 Å². The number of carbonyl (C=O) groups excluding carboxylic acids is 1. The summed E-state index contributed by atoms with van der Waals surface area (Å²) >= 11 is 1.13. The van der Waals surface area contributed by atoms with Crippen molar-refractivity contribution in [2.24, 2.45) is 0 Å². The summed E-state index contributed by atoms with van der Waals surface area (Å²) in [6.07, 6.45) is -4.55. The van der Waals surface area contributed by atoms with E-state index in [1.54, 1.807) is 0 Å². The Bertz CT molecular complexity index is 1310. The van der Waals surface area contributed by atoms with Crippen LogP contribution in [0.3, 0.4) is 0 Å². The Labute approximate surface area is 180 Å². The summed E-state index contributed by atoms with van der Waals surface area (Å²) in [5.74, 6) is -0.657. The van der Waals surface area contributed by atoms with E-state index in [9.17, 15) is 18.0 Å². The van der Waals surface area contributed by atoms with Gasteiger partial charge >= 0.3 is 6.18 Å². The maximum absolute atomic E-state index is 13.2. The second kappa shape index (κ2) is 7.88. The lowest BCUT2D eigenvalue weighted by Crippen LogP contribution is -2.18. The Morgan fingerprint density at radius 2 is 1.81 bits per heavy atom. The number of para-hydroxylation sites is 1. The summed E-state index contributed by atoms with van der Waals surface area (Å²) in [5.41, 5.74) is 3.72. The number of alkyl halides is 3. The molecule has 0 saturated carbocycles. The van der Waals surface area contributed by atoms with Gasteiger partial charge in [0.05, 0.1) is 22.5 Å². The van der Waals surface area contributed by atoms with Gasteiger partial charge < -0.3 is 5.32 Å². The molecular formula is C22H19F3N4OS. The molecule has 5 nitrogen and oxygen atoms in total. The van der Waals surface area contributed by atoms with Crippen LogP contribution in [-0.4, -0.2) is 26.3 Å². The smallest absolute Gasteiger partial charge is 0.325 e. The topological polar surface area (TPSA) is 59.3 Å². The van der Waals surface area contributed by atoms with Crippen LogP contribution in [0.4, 0.5) is 18.9 Å². The predicted molar refractivity (Wildman–Crippen MR) is 116 cm³/mol. The summed E-state index contributed by atoms with van der Waals surface area (Å²) in [4.78, 5) is 12.4. The number of thioether (sulfide) groups is 1. The van der Waals surface area contributed by atoms with E-state index in [4.69, 9.17) is 0 Å². The molecule has 2 heterocycles. The van der Waals surface area contributed by atoms with E-state index in [-0.39, 0.29) is 11.4 Å². The van der Waals surface area contributed by atoms with E-state index < -0.39 is 17.6 Å².